The van der Waals surface area contributed by atoms with Gasteiger partial charge >= 0.3 is 0 Å². The van der Waals surface area contributed by atoms with Crippen LogP contribution in [0.1, 0.15) is 0 Å². The highest BCUT2D eigenvalue weighted by Gasteiger charge is 2.42. The molecular formula is C17H14ClN5OS. The lowest BCUT2D eigenvalue weighted by Gasteiger charge is -2.29. The van der Waals surface area contributed by atoms with E-state index in [4.69, 9.17) is 11.6 Å². The molecule has 0 aromatic heterocycles. The van der Waals surface area contributed by atoms with Crippen LogP contribution in [-0.2, 0) is 4.79 Å². The van der Waals surface area contributed by atoms with Crippen LogP contribution in [0.4, 0.5) is 5.69 Å². The summed E-state index contributed by atoms with van der Waals surface area (Å²) in [4.78, 5) is 13.7. The molecule has 4 rings (SSSR count). The first kappa shape index (κ1) is 16.1. The zero-order chi connectivity index (χ0) is 17.2. The summed E-state index contributed by atoms with van der Waals surface area (Å²) in [7, 11) is 0. The van der Waals surface area contributed by atoms with Crippen LogP contribution in [-0.4, -0.2) is 29.2 Å². The average molecular weight is 372 g/mol. The molecule has 1 amide bonds. The molecule has 2 unspecified atom stereocenters. The number of hydrogen-bond acceptors (Lipinski definition) is 6. The fraction of sp³-hybridized carbons (Fsp3) is 0.176. The van der Waals surface area contributed by atoms with Crippen molar-refractivity contribution in [3.8, 4) is 0 Å². The molecule has 2 aromatic carbocycles. The summed E-state index contributed by atoms with van der Waals surface area (Å²) in [6, 6.07) is 17.1. The molecule has 2 aliphatic heterocycles. The number of hydrazone groups is 1. The summed E-state index contributed by atoms with van der Waals surface area (Å²) in [6.45, 7) is 0. The fourth-order valence-corrected chi connectivity index (χ4v) is 3.55. The number of anilines is 1. The third kappa shape index (κ3) is 3.25. The number of hydrogen-bond donors (Lipinski definition) is 0. The molecule has 8 heteroatoms. The first-order valence-electron chi connectivity index (χ1n) is 7.71. The summed E-state index contributed by atoms with van der Waals surface area (Å²) in [5.41, 5.74) is 0.891. The minimum atomic E-state index is -0.413. The number of carbonyl (C=O) groups excluding carboxylic acids is 1. The van der Waals surface area contributed by atoms with Crippen molar-refractivity contribution in [1.82, 2.24) is 5.01 Å². The highest BCUT2D eigenvalue weighted by Crippen LogP contribution is 2.31. The molecular weight excluding hydrogens is 358 g/mol. The number of benzene rings is 2. The van der Waals surface area contributed by atoms with Crippen molar-refractivity contribution in [1.29, 1.82) is 0 Å². The van der Waals surface area contributed by atoms with Crippen LogP contribution in [0.25, 0.3) is 0 Å². The monoisotopic (exact) mass is 371 g/mol. The molecule has 2 heterocycles. The molecule has 2 atom stereocenters. The highest BCUT2D eigenvalue weighted by molar-refractivity contribution is 7.99. The Bertz CT molecular complexity index is 827. The van der Waals surface area contributed by atoms with Crippen molar-refractivity contribution >= 4 is 41.2 Å². The lowest BCUT2D eigenvalue weighted by Crippen LogP contribution is -2.44. The largest absolute Gasteiger partial charge is 0.272 e. The Balaban J connectivity index is 1.46. The highest BCUT2D eigenvalue weighted by atomic mass is 35.5. The van der Waals surface area contributed by atoms with Gasteiger partial charge in [0.05, 0.1) is 11.6 Å². The van der Waals surface area contributed by atoms with Crippen LogP contribution < -0.4 is 5.01 Å². The predicted octanol–water partition coefficient (Wildman–Crippen LogP) is 4.05. The van der Waals surface area contributed by atoms with Crippen molar-refractivity contribution in [3.63, 3.8) is 0 Å². The zero-order valence-electron chi connectivity index (χ0n) is 13.1. The zero-order valence-corrected chi connectivity index (χ0v) is 14.6. The maximum absolute atomic E-state index is 12.7. The van der Waals surface area contributed by atoms with Gasteiger partial charge in [0, 0.05) is 16.1 Å². The molecule has 25 heavy (non-hydrogen) atoms. The van der Waals surface area contributed by atoms with Gasteiger partial charge in [-0.3, -0.25) is 4.79 Å². The van der Waals surface area contributed by atoms with Gasteiger partial charge in [-0.1, -0.05) is 35.0 Å². The van der Waals surface area contributed by atoms with E-state index in [1.807, 2.05) is 54.6 Å². The number of carbonyl (C=O) groups is 1. The quantitative estimate of drug-likeness (QED) is 0.762. The van der Waals surface area contributed by atoms with Crippen molar-refractivity contribution in [2.24, 2.45) is 21.4 Å². The predicted molar refractivity (Wildman–Crippen MR) is 98.6 cm³/mol. The normalized spacial score (nSPS) is 21.7. The Morgan fingerprint density at radius 3 is 2.60 bits per heavy atom. The molecule has 0 fully saturated rings. The molecule has 0 saturated heterocycles. The van der Waals surface area contributed by atoms with Crippen LogP contribution in [0, 0.1) is 5.92 Å². The summed E-state index contributed by atoms with van der Waals surface area (Å²) in [5.74, 6) is -0.112. The van der Waals surface area contributed by atoms with Gasteiger partial charge in [0.15, 0.2) is 6.17 Å². The third-order valence-corrected chi connectivity index (χ3v) is 5.16. The smallest absolute Gasteiger partial charge is 0.257 e. The van der Waals surface area contributed by atoms with E-state index < -0.39 is 12.1 Å². The van der Waals surface area contributed by atoms with Crippen LogP contribution >= 0.6 is 23.4 Å². The van der Waals surface area contributed by atoms with Gasteiger partial charge in [0.1, 0.15) is 5.92 Å². The molecule has 0 bridgehead atoms. The van der Waals surface area contributed by atoms with Crippen molar-refractivity contribution in [3.05, 3.63) is 59.6 Å². The maximum Gasteiger partial charge on any atom is 0.257 e. The minimum absolute atomic E-state index is 0.0938. The molecule has 0 radical (unpaired) electrons. The van der Waals surface area contributed by atoms with Crippen LogP contribution in [0.3, 0.4) is 0 Å². The first-order chi connectivity index (χ1) is 12.2. The van der Waals surface area contributed by atoms with E-state index in [2.05, 4.69) is 15.4 Å². The molecule has 0 saturated carbocycles. The summed E-state index contributed by atoms with van der Waals surface area (Å²) < 4.78 is 0. The Morgan fingerprint density at radius 2 is 1.84 bits per heavy atom. The Morgan fingerprint density at radius 1 is 1.08 bits per heavy atom. The lowest BCUT2D eigenvalue weighted by atomic mass is 10.1. The number of fused-ring (bicyclic) bond motifs is 1. The van der Waals surface area contributed by atoms with Crippen molar-refractivity contribution < 1.29 is 4.79 Å². The second-order valence-corrected chi connectivity index (χ2v) is 7.01. The number of nitrogens with zero attached hydrogens (tertiary/aromatic N) is 5. The average Bonchev–Trinajstić information content (AvgIpc) is 3.08. The molecule has 0 aliphatic carbocycles. The van der Waals surface area contributed by atoms with E-state index in [1.54, 1.807) is 11.2 Å². The summed E-state index contributed by atoms with van der Waals surface area (Å²) >= 11 is 7.39. The second-order valence-electron chi connectivity index (χ2n) is 5.55. The number of amides is 1. The lowest BCUT2D eigenvalue weighted by molar-refractivity contribution is -0.134. The molecule has 0 spiro atoms. The van der Waals surface area contributed by atoms with E-state index in [9.17, 15) is 4.79 Å². The first-order valence-corrected chi connectivity index (χ1v) is 9.07. The van der Waals surface area contributed by atoms with Gasteiger partial charge in [-0.05, 0) is 36.4 Å². The van der Waals surface area contributed by atoms with Gasteiger partial charge in [-0.15, -0.1) is 16.9 Å². The molecule has 2 aromatic rings. The molecule has 0 N–H and O–H groups in total. The Kier molecular flexibility index (Phi) is 4.42. The van der Waals surface area contributed by atoms with Gasteiger partial charge in [0.2, 0.25) is 0 Å². The summed E-state index contributed by atoms with van der Waals surface area (Å²) in [6.07, 6.45) is 1.24. The molecule has 2 aliphatic rings. The molecule has 6 nitrogen and oxygen atoms in total. The minimum Gasteiger partial charge on any atom is -0.272 e. The van der Waals surface area contributed by atoms with E-state index in [0.29, 0.717) is 10.9 Å². The van der Waals surface area contributed by atoms with Crippen molar-refractivity contribution in [2.45, 2.75) is 11.1 Å². The van der Waals surface area contributed by atoms with Gasteiger partial charge in [0.25, 0.3) is 5.91 Å². The topological polar surface area (TPSA) is 60.6 Å². The standard InChI is InChI=1S/C17H14ClN5OS/c18-12-6-8-14(9-7-12)25-11-22-17(24)15-10-19-23(16(15)20-21-22)13-4-2-1-3-5-13/h1-10,15-16H,11H2. The van der Waals surface area contributed by atoms with Gasteiger partial charge < -0.3 is 0 Å². The molecule has 126 valence electrons. The maximum atomic E-state index is 12.7. The SMILES string of the molecule is O=C1C2C=NN(c3ccccc3)C2N=NN1CSc1ccc(Cl)cc1. The van der Waals surface area contributed by atoms with Gasteiger partial charge in [-0.25, -0.2) is 10.0 Å². The van der Waals surface area contributed by atoms with Crippen LogP contribution in [0.5, 0.6) is 0 Å². The fourth-order valence-electron chi connectivity index (χ4n) is 2.64. The third-order valence-electron chi connectivity index (χ3n) is 3.93. The number of rotatable bonds is 4. The van der Waals surface area contributed by atoms with Gasteiger partial charge in [-0.2, -0.15) is 5.10 Å². The number of halogens is 1. The summed E-state index contributed by atoms with van der Waals surface area (Å²) in [5, 5.41) is 16.6. The van der Waals surface area contributed by atoms with Crippen LogP contribution in [0.2, 0.25) is 5.02 Å². The number of para-hydroxylation sites is 1. The number of thioether (sulfide) groups is 1. The van der Waals surface area contributed by atoms with E-state index >= 15 is 0 Å². The van der Waals surface area contributed by atoms with Crippen LogP contribution in [0.15, 0.2) is 74.9 Å². The Labute approximate surface area is 154 Å². The van der Waals surface area contributed by atoms with E-state index in [0.717, 1.165) is 10.6 Å². The van der Waals surface area contributed by atoms with Crippen molar-refractivity contribution in [2.75, 3.05) is 10.9 Å². The Hall–Kier alpha value is -2.38. The second kappa shape index (κ2) is 6.85. The van der Waals surface area contributed by atoms with E-state index in [1.165, 1.54) is 16.8 Å². The van der Waals surface area contributed by atoms with E-state index in [-0.39, 0.29) is 5.91 Å².